The van der Waals surface area contributed by atoms with Gasteiger partial charge in [-0.3, -0.25) is 0 Å². The number of esters is 1. The van der Waals surface area contributed by atoms with Gasteiger partial charge in [0.1, 0.15) is 17.1 Å². The van der Waals surface area contributed by atoms with Crippen LogP contribution in [0.25, 0.3) is 22.1 Å². The van der Waals surface area contributed by atoms with Gasteiger partial charge in [-0.25, -0.2) is 9.59 Å². The van der Waals surface area contributed by atoms with E-state index in [1.807, 2.05) is 24.3 Å². The van der Waals surface area contributed by atoms with E-state index in [1.165, 1.54) is 6.07 Å². The summed E-state index contributed by atoms with van der Waals surface area (Å²) in [5, 5.41) is 0.762. The van der Waals surface area contributed by atoms with E-state index in [4.69, 9.17) is 18.6 Å². The molecular weight excluding hydrogens is 336 g/mol. The lowest BCUT2D eigenvalue weighted by Gasteiger charge is -2.09. The molecule has 6 nitrogen and oxygen atoms in total. The summed E-state index contributed by atoms with van der Waals surface area (Å²) in [6.45, 7) is 1.81. The summed E-state index contributed by atoms with van der Waals surface area (Å²) in [5.74, 6) is 0.692. The van der Waals surface area contributed by atoms with Crippen LogP contribution in [0.4, 0.5) is 0 Å². The summed E-state index contributed by atoms with van der Waals surface area (Å²) in [4.78, 5) is 23.4. The monoisotopic (exact) mass is 354 g/mol. The molecule has 3 rings (SSSR count). The predicted molar refractivity (Wildman–Crippen MR) is 96.6 cm³/mol. The Morgan fingerprint density at radius 2 is 1.77 bits per heavy atom. The van der Waals surface area contributed by atoms with E-state index in [-0.39, 0.29) is 6.61 Å². The van der Waals surface area contributed by atoms with Crippen LogP contribution in [-0.2, 0) is 9.53 Å². The van der Waals surface area contributed by atoms with E-state index in [0.717, 1.165) is 22.3 Å². The van der Waals surface area contributed by atoms with Crippen LogP contribution in [0.3, 0.4) is 0 Å². The predicted octanol–water partition coefficient (Wildman–Crippen LogP) is 3.41. The van der Waals surface area contributed by atoms with E-state index < -0.39 is 11.6 Å². The topological polar surface area (TPSA) is 75.0 Å². The van der Waals surface area contributed by atoms with Gasteiger partial charge in [0.05, 0.1) is 13.7 Å². The van der Waals surface area contributed by atoms with E-state index >= 15 is 0 Å². The van der Waals surface area contributed by atoms with Crippen LogP contribution < -0.4 is 15.1 Å². The number of carbonyl (C=O) groups excluding carboxylic acids is 1. The second-order valence-electron chi connectivity index (χ2n) is 5.46. The van der Waals surface area contributed by atoms with Crippen molar-refractivity contribution >= 4 is 16.9 Å². The minimum atomic E-state index is -0.467. The van der Waals surface area contributed by atoms with Crippen molar-refractivity contribution in [3.05, 3.63) is 59.0 Å². The number of hydrogen-bond donors (Lipinski definition) is 0. The highest BCUT2D eigenvalue weighted by molar-refractivity contribution is 5.93. The Bertz CT molecular complexity index is 972. The minimum Gasteiger partial charge on any atom is -0.497 e. The van der Waals surface area contributed by atoms with Crippen LogP contribution in [0.1, 0.15) is 6.92 Å². The van der Waals surface area contributed by atoms with Crippen molar-refractivity contribution in [1.82, 2.24) is 0 Å². The molecule has 0 fully saturated rings. The van der Waals surface area contributed by atoms with E-state index in [0.29, 0.717) is 17.9 Å². The molecule has 0 atom stereocenters. The van der Waals surface area contributed by atoms with Crippen molar-refractivity contribution in [2.24, 2.45) is 0 Å². The van der Waals surface area contributed by atoms with Crippen molar-refractivity contribution < 1.29 is 23.4 Å². The summed E-state index contributed by atoms with van der Waals surface area (Å²) in [5.41, 5.74) is 1.52. The van der Waals surface area contributed by atoms with Gasteiger partial charge in [0.2, 0.25) is 0 Å². The Morgan fingerprint density at radius 3 is 2.46 bits per heavy atom. The molecule has 134 valence electrons. The molecule has 0 unspecified atom stereocenters. The summed E-state index contributed by atoms with van der Waals surface area (Å²) in [6.07, 6.45) is 0. The number of carbonyl (C=O) groups is 1. The largest absolute Gasteiger partial charge is 0.497 e. The third-order valence-electron chi connectivity index (χ3n) is 3.78. The Kier molecular flexibility index (Phi) is 5.22. The normalized spacial score (nSPS) is 10.5. The van der Waals surface area contributed by atoms with Crippen molar-refractivity contribution in [3.63, 3.8) is 0 Å². The third kappa shape index (κ3) is 3.85. The zero-order valence-corrected chi connectivity index (χ0v) is 14.5. The zero-order chi connectivity index (χ0) is 18.5. The lowest BCUT2D eigenvalue weighted by Crippen LogP contribution is -2.14. The Hall–Kier alpha value is -3.28. The molecule has 1 aromatic heterocycles. The SMILES string of the molecule is CCOC(=O)COc1ccc2c(-c3ccc(OC)cc3)cc(=O)oc2c1. The quantitative estimate of drug-likeness (QED) is 0.499. The standard InChI is InChI=1S/C20H18O6/c1-3-24-20(22)12-25-15-8-9-16-17(11-19(21)26-18(16)10-15)13-4-6-14(23-2)7-5-13/h4-11H,3,12H2,1-2H3. The van der Waals surface area contributed by atoms with Crippen LogP contribution in [0.5, 0.6) is 11.5 Å². The zero-order valence-electron chi connectivity index (χ0n) is 14.5. The number of benzene rings is 2. The Balaban J connectivity index is 1.95. The molecule has 0 saturated carbocycles. The molecule has 0 amide bonds. The summed E-state index contributed by atoms with van der Waals surface area (Å²) < 4.78 is 20.7. The molecule has 0 aliphatic heterocycles. The lowest BCUT2D eigenvalue weighted by atomic mass is 10.0. The highest BCUT2D eigenvalue weighted by atomic mass is 16.6. The highest BCUT2D eigenvalue weighted by Gasteiger charge is 2.10. The summed E-state index contributed by atoms with van der Waals surface area (Å²) >= 11 is 0. The first kappa shape index (κ1) is 17.5. The first-order chi connectivity index (χ1) is 12.6. The van der Waals surface area contributed by atoms with Gasteiger partial charge in [0.25, 0.3) is 0 Å². The molecule has 0 radical (unpaired) electrons. The van der Waals surface area contributed by atoms with Gasteiger partial charge >= 0.3 is 11.6 Å². The molecular formula is C20H18O6. The number of fused-ring (bicyclic) bond motifs is 1. The molecule has 0 N–H and O–H groups in total. The van der Waals surface area contributed by atoms with E-state index in [1.54, 1.807) is 32.2 Å². The number of rotatable bonds is 6. The maximum Gasteiger partial charge on any atom is 0.344 e. The van der Waals surface area contributed by atoms with E-state index in [2.05, 4.69) is 0 Å². The number of hydrogen-bond acceptors (Lipinski definition) is 6. The molecule has 3 aromatic rings. The third-order valence-corrected chi connectivity index (χ3v) is 3.78. The summed E-state index contributed by atoms with van der Waals surface area (Å²) in [6, 6.07) is 13.9. The molecule has 0 saturated heterocycles. The Morgan fingerprint density at radius 1 is 1.04 bits per heavy atom. The van der Waals surface area contributed by atoms with Gasteiger partial charge in [-0.1, -0.05) is 12.1 Å². The number of ether oxygens (including phenoxy) is 3. The Labute approximate surface area is 149 Å². The molecule has 0 bridgehead atoms. The second kappa shape index (κ2) is 7.74. The van der Waals surface area contributed by atoms with Gasteiger partial charge in [0, 0.05) is 17.5 Å². The van der Waals surface area contributed by atoms with E-state index in [9.17, 15) is 9.59 Å². The van der Waals surface area contributed by atoms with Gasteiger partial charge < -0.3 is 18.6 Å². The van der Waals surface area contributed by atoms with Gasteiger partial charge in [-0.15, -0.1) is 0 Å². The molecule has 26 heavy (non-hydrogen) atoms. The first-order valence-corrected chi connectivity index (χ1v) is 8.11. The molecule has 0 spiro atoms. The van der Waals surface area contributed by atoms with Crippen LogP contribution >= 0.6 is 0 Å². The molecule has 6 heteroatoms. The van der Waals surface area contributed by atoms with Gasteiger partial charge in [-0.05, 0) is 42.3 Å². The van der Waals surface area contributed by atoms with Crippen LogP contribution in [-0.4, -0.2) is 26.3 Å². The van der Waals surface area contributed by atoms with Crippen molar-refractivity contribution in [2.75, 3.05) is 20.3 Å². The van der Waals surface area contributed by atoms with Crippen LogP contribution in [0.15, 0.2) is 57.7 Å². The van der Waals surface area contributed by atoms with Crippen LogP contribution in [0, 0.1) is 0 Å². The molecule has 2 aromatic carbocycles. The fraction of sp³-hybridized carbons (Fsp3) is 0.200. The van der Waals surface area contributed by atoms with Crippen molar-refractivity contribution in [3.8, 4) is 22.6 Å². The first-order valence-electron chi connectivity index (χ1n) is 8.11. The minimum absolute atomic E-state index is 0.207. The molecule has 1 heterocycles. The molecule has 0 aliphatic rings. The second-order valence-corrected chi connectivity index (χ2v) is 5.46. The van der Waals surface area contributed by atoms with Gasteiger partial charge in [-0.2, -0.15) is 0 Å². The average molecular weight is 354 g/mol. The lowest BCUT2D eigenvalue weighted by molar-refractivity contribution is -0.145. The smallest absolute Gasteiger partial charge is 0.344 e. The van der Waals surface area contributed by atoms with Crippen molar-refractivity contribution in [2.45, 2.75) is 6.92 Å². The maximum absolute atomic E-state index is 12.0. The van der Waals surface area contributed by atoms with Gasteiger partial charge in [0.15, 0.2) is 6.61 Å². The molecule has 0 aliphatic carbocycles. The van der Waals surface area contributed by atoms with Crippen molar-refractivity contribution in [1.29, 1.82) is 0 Å². The average Bonchev–Trinajstić information content (AvgIpc) is 2.65. The van der Waals surface area contributed by atoms with Crippen LogP contribution in [0.2, 0.25) is 0 Å². The summed E-state index contributed by atoms with van der Waals surface area (Å²) in [7, 11) is 1.60. The fourth-order valence-corrected chi connectivity index (χ4v) is 2.59. The fourth-order valence-electron chi connectivity index (χ4n) is 2.59. The number of methoxy groups -OCH3 is 1. The highest BCUT2D eigenvalue weighted by Crippen LogP contribution is 2.30. The maximum atomic E-state index is 12.0.